The molecule has 0 saturated heterocycles. The highest BCUT2D eigenvalue weighted by Crippen LogP contribution is 2.36. The fraction of sp³-hybridized carbons (Fsp3) is 0.269. The van der Waals surface area contributed by atoms with Gasteiger partial charge in [0.1, 0.15) is 23.9 Å². The molecule has 186 valence electrons. The van der Waals surface area contributed by atoms with E-state index in [0.29, 0.717) is 22.4 Å². The molecule has 0 heterocycles. The molecule has 0 aliphatic carbocycles. The number of hydrogen-bond acceptors (Lipinski definition) is 4. The Balaban J connectivity index is 1.76. The molecule has 3 rings (SSSR count). The summed E-state index contributed by atoms with van der Waals surface area (Å²) < 4.78 is 64.9. The average molecular weight is 491 g/mol. The maximum atomic E-state index is 13.7. The van der Waals surface area contributed by atoms with E-state index in [1.807, 2.05) is 6.92 Å². The van der Waals surface area contributed by atoms with E-state index in [1.54, 1.807) is 25.1 Å². The third-order valence-corrected chi connectivity index (χ3v) is 5.49. The summed E-state index contributed by atoms with van der Waals surface area (Å²) in [6.45, 7) is 3.75. The minimum Gasteiger partial charge on any atom is -0.497 e. The highest BCUT2D eigenvalue weighted by atomic mass is 19.4. The zero-order chi connectivity index (χ0) is 25.8. The number of methoxy groups -OCH3 is 1. The monoisotopic (exact) mass is 491 g/mol. The summed E-state index contributed by atoms with van der Waals surface area (Å²) in [7, 11) is 1.44. The van der Waals surface area contributed by atoms with Crippen molar-refractivity contribution >= 4 is 5.97 Å². The van der Waals surface area contributed by atoms with Crippen LogP contribution < -0.4 is 14.8 Å². The van der Waals surface area contributed by atoms with E-state index in [9.17, 15) is 27.5 Å². The van der Waals surface area contributed by atoms with Crippen LogP contribution in [0.5, 0.6) is 11.5 Å². The van der Waals surface area contributed by atoms with Gasteiger partial charge in [-0.05, 0) is 72.5 Å². The number of ether oxygens (including phenoxy) is 2. The molecule has 0 spiro atoms. The summed E-state index contributed by atoms with van der Waals surface area (Å²) in [6.07, 6.45) is -4.61. The second-order valence-electron chi connectivity index (χ2n) is 8.03. The Morgan fingerprint density at radius 2 is 1.77 bits per heavy atom. The molecule has 0 amide bonds. The molecule has 2 N–H and O–H groups in total. The van der Waals surface area contributed by atoms with Crippen molar-refractivity contribution in [2.75, 3.05) is 20.3 Å². The van der Waals surface area contributed by atoms with E-state index in [1.165, 1.54) is 31.4 Å². The molecule has 0 radical (unpaired) electrons. The highest BCUT2D eigenvalue weighted by Gasteiger charge is 2.31. The number of aryl methyl sites for hydroxylation is 1. The number of carboxylic acids is 1. The Kier molecular flexibility index (Phi) is 8.01. The van der Waals surface area contributed by atoms with Crippen molar-refractivity contribution in [2.45, 2.75) is 26.1 Å². The lowest BCUT2D eigenvalue weighted by Gasteiger charge is -2.17. The number of aromatic carboxylic acids is 1. The molecule has 0 saturated carbocycles. The fourth-order valence-electron chi connectivity index (χ4n) is 3.56. The van der Waals surface area contributed by atoms with Crippen LogP contribution in [0.2, 0.25) is 0 Å². The second-order valence-corrected chi connectivity index (χ2v) is 8.03. The molecule has 0 bridgehead atoms. The van der Waals surface area contributed by atoms with E-state index >= 15 is 0 Å². The van der Waals surface area contributed by atoms with E-state index in [-0.39, 0.29) is 36.1 Å². The van der Waals surface area contributed by atoms with Gasteiger partial charge in [0.25, 0.3) is 0 Å². The number of rotatable bonds is 9. The minimum atomic E-state index is -4.61. The van der Waals surface area contributed by atoms with Crippen LogP contribution in [0.3, 0.4) is 0 Å². The van der Waals surface area contributed by atoms with Crippen molar-refractivity contribution in [3.8, 4) is 22.6 Å². The van der Waals surface area contributed by atoms with Gasteiger partial charge in [-0.25, -0.2) is 9.18 Å². The third kappa shape index (κ3) is 6.73. The van der Waals surface area contributed by atoms with Crippen LogP contribution in [0.15, 0.2) is 54.6 Å². The predicted octanol–water partition coefficient (Wildman–Crippen LogP) is 6.26. The topological polar surface area (TPSA) is 67.8 Å². The van der Waals surface area contributed by atoms with Gasteiger partial charge in [0.15, 0.2) is 0 Å². The lowest BCUT2D eigenvalue weighted by atomic mass is 9.98. The number of carboxylic acid groups (broad SMARTS) is 1. The Morgan fingerprint density at radius 3 is 2.43 bits per heavy atom. The lowest BCUT2D eigenvalue weighted by molar-refractivity contribution is -0.137. The number of carbonyl (C=O) groups is 1. The number of hydrogen-bond donors (Lipinski definition) is 2. The standard InChI is InChI=1S/C26H25F4NO4/c1-15-4-5-17(12-24(15)25(32)33)19-8-20(26(28,29)30)13-23(11-19)35-7-6-31-16(2)18-9-21(27)14-22(10-18)34-3/h4-5,8-14,16,31H,6-7H2,1-3H3,(H,32,33)/t16-/m1/s1. The second kappa shape index (κ2) is 10.8. The summed E-state index contributed by atoms with van der Waals surface area (Å²) in [5.41, 5.74) is 0.768. The normalized spacial score (nSPS) is 12.3. The first-order chi connectivity index (χ1) is 16.5. The molecular formula is C26H25F4NO4. The molecule has 9 heteroatoms. The van der Waals surface area contributed by atoms with E-state index in [2.05, 4.69) is 5.32 Å². The van der Waals surface area contributed by atoms with Crippen LogP contribution >= 0.6 is 0 Å². The van der Waals surface area contributed by atoms with E-state index in [4.69, 9.17) is 9.47 Å². The van der Waals surface area contributed by atoms with Crippen molar-refractivity contribution in [3.63, 3.8) is 0 Å². The van der Waals surface area contributed by atoms with Gasteiger partial charge < -0.3 is 19.9 Å². The van der Waals surface area contributed by atoms with Crippen LogP contribution in [-0.2, 0) is 6.18 Å². The van der Waals surface area contributed by atoms with E-state index in [0.717, 1.165) is 12.1 Å². The zero-order valence-corrected chi connectivity index (χ0v) is 19.4. The minimum absolute atomic E-state index is 0.00541. The van der Waals surface area contributed by atoms with Gasteiger partial charge in [0, 0.05) is 18.7 Å². The maximum Gasteiger partial charge on any atom is 0.416 e. The van der Waals surface area contributed by atoms with Crippen molar-refractivity contribution in [1.29, 1.82) is 0 Å². The van der Waals surface area contributed by atoms with Gasteiger partial charge in [0.2, 0.25) is 0 Å². The molecule has 0 fully saturated rings. The first kappa shape index (κ1) is 26.0. The first-order valence-corrected chi connectivity index (χ1v) is 10.7. The number of benzene rings is 3. The fourth-order valence-corrected chi connectivity index (χ4v) is 3.56. The number of alkyl halides is 3. The zero-order valence-electron chi connectivity index (χ0n) is 19.4. The van der Waals surface area contributed by atoms with Crippen molar-refractivity contribution in [3.05, 3.63) is 82.7 Å². The van der Waals surface area contributed by atoms with Crippen LogP contribution in [0.25, 0.3) is 11.1 Å². The third-order valence-electron chi connectivity index (χ3n) is 5.49. The molecule has 0 aromatic heterocycles. The first-order valence-electron chi connectivity index (χ1n) is 10.7. The van der Waals surface area contributed by atoms with Crippen LogP contribution in [0, 0.1) is 12.7 Å². The summed E-state index contributed by atoms with van der Waals surface area (Å²) >= 11 is 0. The molecule has 0 unspecified atom stereocenters. The lowest BCUT2D eigenvalue weighted by Crippen LogP contribution is -2.24. The summed E-state index contributed by atoms with van der Waals surface area (Å²) in [5.74, 6) is -1.23. The molecule has 35 heavy (non-hydrogen) atoms. The van der Waals surface area contributed by atoms with Crippen molar-refractivity contribution < 1.29 is 36.9 Å². The van der Waals surface area contributed by atoms with E-state index < -0.39 is 23.5 Å². The summed E-state index contributed by atoms with van der Waals surface area (Å²) in [6, 6.07) is 11.8. The largest absolute Gasteiger partial charge is 0.497 e. The Bertz CT molecular complexity index is 1210. The van der Waals surface area contributed by atoms with Gasteiger partial charge in [-0.15, -0.1) is 0 Å². The van der Waals surface area contributed by atoms with Gasteiger partial charge in [-0.1, -0.05) is 12.1 Å². The van der Waals surface area contributed by atoms with Gasteiger partial charge in [-0.2, -0.15) is 13.2 Å². The van der Waals surface area contributed by atoms with Gasteiger partial charge >= 0.3 is 12.1 Å². The van der Waals surface area contributed by atoms with Crippen LogP contribution in [0.1, 0.15) is 40.0 Å². The Hall–Kier alpha value is -3.59. The molecule has 3 aromatic rings. The van der Waals surface area contributed by atoms with Gasteiger partial charge in [-0.3, -0.25) is 0 Å². The maximum absolute atomic E-state index is 13.7. The summed E-state index contributed by atoms with van der Waals surface area (Å²) in [4.78, 5) is 11.4. The molecule has 1 atom stereocenters. The quantitative estimate of drug-likeness (QED) is 0.273. The molecule has 3 aromatic carbocycles. The Morgan fingerprint density at radius 1 is 1.03 bits per heavy atom. The molecular weight excluding hydrogens is 466 g/mol. The van der Waals surface area contributed by atoms with Gasteiger partial charge in [0.05, 0.1) is 18.2 Å². The van der Waals surface area contributed by atoms with Crippen LogP contribution in [0.4, 0.5) is 17.6 Å². The molecule has 0 aliphatic heterocycles. The number of halogens is 4. The molecule has 5 nitrogen and oxygen atoms in total. The average Bonchev–Trinajstić information content (AvgIpc) is 2.80. The SMILES string of the molecule is COc1cc(F)cc([C@@H](C)NCCOc2cc(-c3ccc(C)c(C(=O)O)c3)cc(C(F)(F)F)c2)c1. The number of nitrogens with one attached hydrogen (secondary N) is 1. The molecule has 0 aliphatic rings. The van der Waals surface area contributed by atoms with Crippen LogP contribution in [-0.4, -0.2) is 31.3 Å². The highest BCUT2D eigenvalue weighted by molar-refractivity contribution is 5.91. The summed E-state index contributed by atoms with van der Waals surface area (Å²) in [5, 5.41) is 12.5. The Labute approximate surface area is 200 Å². The van der Waals surface area contributed by atoms with Crippen molar-refractivity contribution in [2.24, 2.45) is 0 Å². The van der Waals surface area contributed by atoms with Crippen molar-refractivity contribution in [1.82, 2.24) is 5.32 Å². The predicted molar refractivity (Wildman–Crippen MR) is 123 cm³/mol. The smallest absolute Gasteiger partial charge is 0.416 e.